The first-order valence-electron chi connectivity index (χ1n) is 21.4. The van der Waals surface area contributed by atoms with Crippen LogP contribution in [0.2, 0.25) is 0 Å². The number of unbranched alkanes of at least 4 members (excludes halogenated alkanes) is 1. The highest BCUT2D eigenvalue weighted by molar-refractivity contribution is 8.00. The van der Waals surface area contributed by atoms with Crippen molar-refractivity contribution in [3.63, 3.8) is 0 Å². The molecule has 64 heavy (non-hydrogen) atoms. The number of nitrogens with one attached hydrogen (secondary N) is 4. The molecule has 0 bridgehead atoms. The summed E-state index contributed by atoms with van der Waals surface area (Å²) >= 11 is 1.80. The van der Waals surface area contributed by atoms with Crippen LogP contribution in [0, 0.1) is 0 Å². The number of anilines is 1. The van der Waals surface area contributed by atoms with Crippen LogP contribution >= 0.6 is 11.8 Å². The second-order valence-corrected chi connectivity index (χ2v) is 17.7. The van der Waals surface area contributed by atoms with Gasteiger partial charge >= 0.3 is 29.9 Å². The van der Waals surface area contributed by atoms with E-state index in [0.717, 1.165) is 24.2 Å². The van der Waals surface area contributed by atoms with E-state index in [-0.39, 0.29) is 94.3 Å². The summed E-state index contributed by atoms with van der Waals surface area (Å²) in [7, 11) is 3.35. The van der Waals surface area contributed by atoms with Crippen LogP contribution in [0.25, 0.3) is 0 Å². The van der Waals surface area contributed by atoms with Crippen molar-refractivity contribution < 1.29 is 63.5 Å². The molecule has 5 atom stereocenters. The number of esters is 1. The highest BCUT2D eigenvalue weighted by atomic mass is 32.2. The number of amides is 5. The molecule has 1 aromatic carbocycles. The first-order valence-corrected chi connectivity index (χ1v) is 22.5. The number of nitrogens with zero attached hydrogens (tertiary/aromatic N) is 5. The molecule has 3 fully saturated rings. The zero-order valence-corrected chi connectivity index (χ0v) is 37.3. The monoisotopic (exact) mass is 921 g/mol. The number of rotatable bonds is 22. The number of carbonyl (C=O) groups is 8. The number of thioether (sulfide) groups is 1. The van der Waals surface area contributed by atoms with E-state index in [2.05, 4.69) is 21.3 Å². The number of carboxylic acids is 3. The Morgan fingerprint density at radius 3 is 2.19 bits per heavy atom. The maximum atomic E-state index is 12.7. The number of hydrogen-bond acceptors (Lipinski definition) is 15. The Morgan fingerprint density at radius 2 is 1.50 bits per heavy atom. The molecule has 5 amide bonds. The number of carboxylic acid groups (broad SMARTS) is 3. The predicted octanol–water partition coefficient (Wildman–Crippen LogP) is -1.42. The molecule has 0 radical (unpaired) electrons. The molecule has 3 saturated heterocycles. The minimum Gasteiger partial charge on any atom is -0.480 e. The number of ether oxygens (including phenoxy) is 1. The van der Waals surface area contributed by atoms with Crippen molar-refractivity contribution in [2.24, 2.45) is 0 Å². The lowest BCUT2D eigenvalue weighted by Gasteiger charge is -2.37. The van der Waals surface area contributed by atoms with Gasteiger partial charge in [-0.3, -0.25) is 48.3 Å². The Kier molecular flexibility index (Phi) is 21.0. The minimum atomic E-state index is -1.54. The fraction of sp³-hybridized carbons (Fsp3) is 0.659. The molecule has 3 aliphatic rings. The predicted molar refractivity (Wildman–Crippen MR) is 233 cm³/mol. The summed E-state index contributed by atoms with van der Waals surface area (Å²) in [5.74, 6) is -4.42. The molecule has 4 rings (SSSR count). The van der Waals surface area contributed by atoms with Crippen molar-refractivity contribution in [2.75, 3.05) is 104 Å². The largest absolute Gasteiger partial charge is 0.480 e. The lowest BCUT2D eigenvalue weighted by molar-refractivity contribution is -0.149. The van der Waals surface area contributed by atoms with Crippen LogP contribution in [0.1, 0.15) is 44.1 Å². The summed E-state index contributed by atoms with van der Waals surface area (Å²) in [6.07, 6.45) is 0.724. The van der Waals surface area contributed by atoms with Gasteiger partial charge in [-0.15, -0.1) is 0 Å². The SMILES string of the molecule is CN1CCN(CC(=O)O)CCN(CC(=O)O)C(Cc2ccc(NC(=O)CCC(=O)OCC(O)NC(=O)CN(C)C(=O)CCCCC3SCC4NC(=O)NC43)cc2)CN(CC(=O)O)CC1. The molecule has 5 unspecified atom stereocenters. The molecule has 23 heteroatoms. The second kappa shape index (κ2) is 26.0. The molecule has 3 aliphatic heterocycles. The van der Waals surface area contributed by atoms with E-state index in [0.29, 0.717) is 44.7 Å². The summed E-state index contributed by atoms with van der Waals surface area (Å²) in [5.41, 5.74) is 1.19. The van der Waals surface area contributed by atoms with Crippen LogP contribution in [-0.2, 0) is 44.7 Å². The number of aliphatic hydroxyl groups is 1. The van der Waals surface area contributed by atoms with E-state index >= 15 is 0 Å². The quantitative estimate of drug-likeness (QED) is 0.0287. The van der Waals surface area contributed by atoms with Gasteiger partial charge in [0.2, 0.25) is 17.7 Å². The van der Waals surface area contributed by atoms with Gasteiger partial charge in [-0.2, -0.15) is 11.8 Å². The van der Waals surface area contributed by atoms with Gasteiger partial charge in [0.25, 0.3) is 0 Å². The van der Waals surface area contributed by atoms with E-state index in [1.807, 2.05) is 11.9 Å². The molecule has 1 aromatic rings. The number of fused-ring (bicyclic) bond motifs is 1. The summed E-state index contributed by atoms with van der Waals surface area (Å²) in [6.45, 7) is 0.932. The molecule has 0 aliphatic carbocycles. The molecular weight excluding hydrogens is 859 g/mol. The summed E-state index contributed by atoms with van der Waals surface area (Å²) in [6, 6.07) is 6.41. The lowest BCUT2D eigenvalue weighted by Crippen LogP contribution is -2.53. The van der Waals surface area contributed by atoms with E-state index < -0.39 is 54.6 Å². The number of aliphatic hydroxyl groups excluding tert-OH is 1. The highest BCUT2D eigenvalue weighted by Crippen LogP contribution is 2.33. The van der Waals surface area contributed by atoms with Crippen LogP contribution in [-0.4, -0.2) is 221 Å². The number of carbonyl (C=O) groups excluding carboxylic acids is 5. The molecule has 3 heterocycles. The van der Waals surface area contributed by atoms with Crippen molar-refractivity contribution in [3.8, 4) is 0 Å². The Morgan fingerprint density at radius 1 is 0.844 bits per heavy atom. The van der Waals surface area contributed by atoms with E-state index in [9.17, 15) is 58.8 Å². The summed E-state index contributed by atoms with van der Waals surface area (Å²) in [4.78, 5) is 105. The molecule has 0 saturated carbocycles. The number of urea groups is 1. The summed E-state index contributed by atoms with van der Waals surface area (Å²) < 4.78 is 5.02. The minimum absolute atomic E-state index is 0.0974. The van der Waals surface area contributed by atoms with Gasteiger partial charge in [0, 0.05) is 88.4 Å². The maximum absolute atomic E-state index is 12.7. The van der Waals surface area contributed by atoms with Gasteiger partial charge in [0.05, 0.1) is 44.7 Å². The van der Waals surface area contributed by atoms with Crippen molar-refractivity contribution >= 4 is 65.1 Å². The van der Waals surface area contributed by atoms with Crippen molar-refractivity contribution in [3.05, 3.63) is 29.8 Å². The van der Waals surface area contributed by atoms with Crippen molar-refractivity contribution in [1.82, 2.24) is 40.4 Å². The third-order valence-electron chi connectivity index (χ3n) is 11.2. The molecule has 0 aromatic heterocycles. The zero-order valence-electron chi connectivity index (χ0n) is 36.4. The standard InChI is InChI=1S/C41H63N9O13S/c1-46-13-15-48(22-36(55)56)17-18-50(24-38(59)60)29(20-49(16-14-46)23-37(57)58)19-27-7-9-28(10-8-27)42-32(51)11-12-39(61)63-25-34(53)44-33(52)21-47(2)35(54)6-4-3-5-31-40-30(26-64-31)43-41(62)45-40/h7-10,29-31,34,40,53H,3-6,11-26H2,1-2H3,(H,42,51)(H,44,52)(H,55,56)(H,57,58)(H,59,60)(H2,43,45,62). The second-order valence-electron chi connectivity index (χ2n) is 16.5. The maximum Gasteiger partial charge on any atom is 0.317 e. The molecule has 8 N–H and O–H groups in total. The van der Waals surface area contributed by atoms with Gasteiger partial charge in [-0.1, -0.05) is 18.6 Å². The Labute approximate surface area is 376 Å². The zero-order chi connectivity index (χ0) is 46.8. The van der Waals surface area contributed by atoms with Crippen LogP contribution in [0.5, 0.6) is 0 Å². The number of benzene rings is 1. The van der Waals surface area contributed by atoms with Crippen molar-refractivity contribution in [2.45, 2.75) is 74.5 Å². The van der Waals surface area contributed by atoms with Crippen LogP contribution in [0.15, 0.2) is 24.3 Å². The van der Waals surface area contributed by atoms with Gasteiger partial charge in [-0.05, 0) is 44.0 Å². The molecule has 0 spiro atoms. The smallest absolute Gasteiger partial charge is 0.317 e. The third-order valence-corrected chi connectivity index (χ3v) is 12.7. The van der Waals surface area contributed by atoms with Crippen molar-refractivity contribution in [1.29, 1.82) is 0 Å². The van der Waals surface area contributed by atoms with Gasteiger partial charge in [0.15, 0.2) is 6.23 Å². The topological polar surface area (TPSA) is 291 Å². The van der Waals surface area contributed by atoms with Crippen LogP contribution in [0.3, 0.4) is 0 Å². The Bertz CT molecular complexity index is 1780. The fourth-order valence-corrected chi connectivity index (χ4v) is 9.32. The van der Waals surface area contributed by atoms with E-state index in [1.54, 1.807) is 50.7 Å². The van der Waals surface area contributed by atoms with Gasteiger partial charge in [0.1, 0.15) is 6.61 Å². The molecule has 356 valence electrons. The van der Waals surface area contributed by atoms with Gasteiger partial charge in [-0.25, -0.2) is 4.79 Å². The lowest BCUT2D eigenvalue weighted by atomic mass is 10.0. The van der Waals surface area contributed by atoms with E-state index in [4.69, 9.17) is 4.74 Å². The first-order chi connectivity index (χ1) is 30.4. The Balaban J connectivity index is 1.18. The normalized spacial score (nSPS) is 21.8. The number of aliphatic carboxylic acids is 3. The van der Waals surface area contributed by atoms with Crippen LogP contribution < -0.4 is 21.3 Å². The average molecular weight is 922 g/mol. The molecule has 22 nitrogen and oxygen atoms in total. The average Bonchev–Trinajstić information content (AvgIpc) is 3.78. The number of likely N-dealkylation sites (N-methyl/N-ethyl adjacent to an activating group) is 2. The summed E-state index contributed by atoms with van der Waals surface area (Å²) in [5, 5.41) is 50.2. The number of hydrogen-bond donors (Lipinski definition) is 8. The molecular formula is C41H63N9O13S. The third kappa shape index (κ3) is 18.6. The first kappa shape index (κ1) is 51.6. The van der Waals surface area contributed by atoms with Gasteiger partial charge < -0.3 is 56.2 Å². The van der Waals surface area contributed by atoms with E-state index in [1.165, 1.54) is 11.9 Å². The fourth-order valence-electron chi connectivity index (χ4n) is 7.78. The highest BCUT2D eigenvalue weighted by Gasteiger charge is 2.42. The Hall–Kier alpha value is -5.07. The van der Waals surface area contributed by atoms with Crippen LogP contribution in [0.4, 0.5) is 10.5 Å².